The first-order valence-corrected chi connectivity index (χ1v) is 14.3. The number of fused-ring (bicyclic) bond motifs is 5. The van der Waals surface area contributed by atoms with Crippen molar-refractivity contribution in [1.29, 1.82) is 0 Å². The number of urea groups is 1. The highest BCUT2D eigenvalue weighted by Gasteiger charge is 2.45. The van der Waals surface area contributed by atoms with E-state index >= 15 is 0 Å². The maximum Gasteiger partial charge on any atom is 0.320 e. The van der Waals surface area contributed by atoms with Crippen molar-refractivity contribution in [3.05, 3.63) is 29.3 Å². The molecule has 0 spiro atoms. The van der Waals surface area contributed by atoms with Gasteiger partial charge in [-0.2, -0.15) is 4.31 Å². The zero-order valence-corrected chi connectivity index (χ0v) is 20.5. The van der Waals surface area contributed by atoms with Gasteiger partial charge >= 0.3 is 6.03 Å². The Bertz CT molecular complexity index is 1100. The molecule has 3 amide bonds. The molecule has 4 heterocycles. The van der Waals surface area contributed by atoms with Gasteiger partial charge in [0.15, 0.2) is 0 Å². The van der Waals surface area contributed by atoms with Gasteiger partial charge in [0.2, 0.25) is 15.9 Å². The number of rotatable bonds is 2. The van der Waals surface area contributed by atoms with E-state index in [1.54, 1.807) is 6.07 Å². The Morgan fingerprint density at radius 3 is 2.50 bits per heavy atom. The van der Waals surface area contributed by atoms with Crippen LogP contribution >= 0.6 is 0 Å². The first kappa shape index (κ1) is 22.3. The highest BCUT2D eigenvalue weighted by atomic mass is 32.2. The van der Waals surface area contributed by atoms with Gasteiger partial charge in [0.05, 0.1) is 4.90 Å². The normalized spacial score (nSPS) is 29.7. The van der Waals surface area contributed by atoms with Gasteiger partial charge < -0.3 is 14.7 Å². The van der Waals surface area contributed by atoms with Crippen molar-refractivity contribution in [2.75, 3.05) is 45.8 Å². The number of benzene rings is 1. The first-order valence-electron chi connectivity index (χ1n) is 12.9. The number of hydrogen-bond donors (Lipinski definition) is 0. The average molecular weight is 487 g/mol. The molecular formula is C25H34N4O4S. The number of piperidine rings is 3. The van der Waals surface area contributed by atoms with Crippen LogP contribution in [0.15, 0.2) is 23.1 Å². The van der Waals surface area contributed by atoms with Crippen LogP contribution in [0.5, 0.6) is 0 Å². The van der Waals surface area contributed by atoms with Gasteiger partial charge in [0.1, 0.15) is 0 Å². The zero-order valence-electron chi connectivity index (χ0n) is 19.7. The maximum atomic E-state index is 13.4. The molecule has 4 fully saturated rings. The molecule has 5 aliphatic rings. The summed E-state index contributed by atoms with van der Waals surface area (Å²) in [5.41, 5.74) is 2.42. The number of piperazine rings is 1. The Morgan fingerprint density at radius 1 is 0.882 bits per heavy atom. The summed E-state index contributed by atoms with van der Waals surface area (Å²) in [4.78, 5) is 32.0. The molecule has 1 aromatic carbocycles. The summed E-state index contributed by atoms with van der Waals surface area (Å²) in [7, 11) is -3.54. The Kier molecular flexibility index (Phi) is 5.60. The lowest BCUT2D eigenvalue weighted by atomic mass is 9.76. The largest absolute Gasteiger partial charge is 0.339 e. The van der Waals surface area contributed by atoms with E-state index in [9.17, 15) is 18.0 Å². The molecular weight excluding hydrogens is 452 g/mol. The lowest BCUT2D eigenvalue weighted by Gasteiger charge is -2.53. The van der Waals surface area contributed by atoms with Crippen LogP contribution in [0.3, 0.4) is 0 Å². The summed E-state index contributed by atoms with van der Waals surface area (Å²) in [5.74, 6) is 0.996. The molecule has 3 atom stereocenters. The van der Waals surface area contributed by atoms with Crippen LogP contribution in [-0.4, -0.2) is 91.2 Å². The second-order valence-electron chi connectivity index (χ2n) is 10.7. The average Bonchev–Trinajstić information content (AvgIpc) is 3.32. The molecule has 2 bridgehead atoms. The SMILES string of the molecule is O=C(N1CCN(S(=O)(=O)c2ccc3c(c2)CCC3)CC1)N1CC2CC(C1)[C@H]1CCCC(=O)N1C2. The summed E-state index contributed by atoms with van der Waals surface area (Å²) >= 11 is 0. The quantitative estimate of drug-likeness (QED) is 0.640. The van der Waals surface area contributed by atoms with Crippen molar-refractivity contribution in [3.8, 4) is 0 Å². The van der Waals surface area contributed by atoms with Gasteiger partial charge in [-0.1, -0.05) is 6.07 Å². The number of amides is 3. The number of likely N-dealkylation sites (tertiary alicyclic amines) is 1. The number of carbonyl (C=O) groups excluding carboxylic acids is 2. The molecule has 9 heteroatoms. The van der Waals surface area contributed by atoms with Gasteiger partial charge in [-0.3, -0.25) is 4.79 Å². The lowest BCUT2D eigenvalue weighted by Crippen LogP contribution is -2.63. The van der Waals surface area contributed by atoms with E-state index in [0.29, 0.717) is 62.4 Å². The molecule has 0 N–H and O–H groups in total. The van der Waals surface area contributed by atoms with Gasteiger partial charge in [-0.05, 0) is 73.6 Å². The highest BCUT2D eigenvalue weighted by Crippen LogP contribution is 2.38. The molecule has 8 nitrogen and oxygen atoms in total. The van der Waals surface area contributed by atoms with Crippen LogP contribution in [-0.2, 0) is 27.7 Å². The van der Waals surface area contributed by atoms with Gasteiger partial charge in [-0.25, -0.2) is 13.2 Å². The summed E-state index contributed by atoms with van der Waals surface area (Å²) in [5, 5.41) is 0. The fourth-order valence-electron chi connectivity index (χ4n) is 6.94. The molecule has 1 aliphatic carbocycles. The van der Waals surface area contributed by atoms with Crippen LogP contribution in [0.1, 0.15) is 43.2 Å². The molecule has 4 saturated heterocycles. The number of aryl methyl sites for hydroxylation is 2. The smallest absolute Gasteiger partial charge is 0.320 e. The summed E-state index contributed by atoms with van der Waals surface area (Å²) in [6.07, 6.45) is 6.84. The van der Waals surface area contributed by atoms with E-state index < -0.39 is 10.0 Å². The molecule has 1 aromatic rings. The lowest BCUT2D eigenvalue weighted by molar-refractivity contribution is -0.144. The van der Waals surface area contributed by atoms with Crippen LogP contribution < -0.4 is 0 Å². The zero-order chi connectivity index (χ0) is 23.4. The van der Waals surface area contributed by atoms with Crippen molar-refractivity contribution in [2.45, 2.75) is 55.9 Å². The van der Waals surface area contributed by atoms with E-state index in [0.717, 1.165) is 50.6 Å². The Morgan fingerprint density at radius 2 is 1.68 bits per heavy atom. The first-order chi connectivity index (χ1) is 16.4. The summed E-state index contributed by atoms with van der Waals surface area (Å²) in [6, 6.07) is 5.86. The minimum atomic E-state index is -3.54. The van der Waals surface area contributed by atoms with Gasteiger partial charge in [0.25, 0.3) is 0 Å². The van der Waals surface area contributed by atoms with Crippen molar-refractivity contribution in [2.24, 2.45) is 11.8 Å². The number of carbonyl (C=O) groups is 2. The van der Waals surface area contributed by atoms with Crippen molar-refractivity contribution in [3.63, 3.8) is 0 Å². The molecule has 0 radical (unpaired) electrons. The second-order valence-corrected chi connectivity index (χ2v) is 12.7. The van der Waals surface area contributed by atoms with E-state index in [-0.39, 0.29) is 18.0 Å². The third-order valence-corrected chi connectivity index (χ3v) is 10.6. The number of sulfonamides is 1. The van der Waals surface area contributed by atoms with Crippen molar-refractivity contribution >= 4 is 22.0 Å². The Balaban J connectivity index is 1.09. The second kappa shape index (κ2) is 8.52. The summed E-state index contributed by atoms with van der Waals surface area (Å²) < 4.78 is 28.0. The molecule has 34 heavy (non-hydrogen) atoms. The van der Waals surface area contributed by atoms with E-state index in [2.05, 4.69) is 4.90 Å². The minimum absolute atomic E-state index is 0.0277. The van der Waals surface area contributed by atoms with E-state index in [1.165, 1.54) is 9.87 Å². The van der Waals surface area contributed by atoms with Crippen LogP contribution in [0.4, 0.5) is 4.79 Å². The van der Waals surface area contributed by atoms with Gasteiger partial charge in [-0.15, -0.1) is 0 Å². The third-order valence-electron chi connectivity index (χ3n) is 8.67. The standard InChI is InChI=1S/C25H34N4O4S/c30-24-6-2-5-23-21-13-18(16-29(23)24)15-27(17-21)25(31)26-9-11-28(12-10-26)34(32,33)22-8-7-19-3-1-4-20(19)14-22/h7-8,14,18,21,23H,1-6,9-13,15-17H2/t18?,21?,23-/m1/s1. The number of hydrogen-bond acceptors (Lipinski definition) is 4. The minimum Gasteiger partial charge on any atom is -0.339 e. The molecule has 2 unspecified atom stereocenters. The fourth-order valence-corrected chi connectivity index (χ4v) is 8.42. The topological polar surface area (TPSA) is 81.2 Å². The fraction of sp³-hybridized carbons (Fsp3) is 0.680. The molecule has 184 valence electrons. The third kappa shape index (κ3) is 3.81. The Labute approximate surface area is 201 Å². The maximum absolute atomic E-state index is 13.4. The highest BCUT2D eigenvalue weighted by molar-refractivity contribution is 7.89. The van der Waals surface area contributed by atoms with Crippen molar-refractivity contribution < 1.29 is 18.0 Å². The molecule has 0 saturated carbocycles. The molecule has 6 rings (SSSR count). The molecule has 4 aliphatic heterocycles. The van der Waals surface area contributed by atoms with Crippen LogP contribution in [0.2, 0.25) is 0 Å². The van der Waals surface area contributed by atoms with Crippen LogP contribution in [0.25, 0.3) is 0 Å². The molecule has 0 aromatic heterocycles. The predicted octanol–water partition coefficient (Wildman–Crippen LogP) is 1.93. The number of nitrogens with zero attached hydrogens (tertiary/aromatic N) is 4. The van der Waals surface area contributed by atoms with Gasteiger partial charge in [0, 0.05) is 58.3 Å². The van der Waals surface area contributed by atoms with E-state index in [1.807, 2.05) is 21.9 Å². The predicted molar refractivity (Wildman–Crippen MR) is 127 cm³/mol. The van der Waals surface area contributed by atoms with E-state index in [4.69, 9.17) is 0 Å². The summed E-state index contributed by atoms with van der Waals surface area (Å²) in [6.45, 7) is 3.67. The van der Waals surface area contributed by atoms with Crippen molar-refractivity contribution in [1.82, 2.24) is 19.0 Å². The van der Waals surface area contributed by atoms with Crippen LogP contribution in [0, 0.1) is 11.8 Å². The Hall–Kier alpha value is -2.13. The monoisotopic (exact) mass is 486 g/mol.